The molecule has 1 saturated heterocycles. The van der Waals surface area contributed by atoms with E-state index in [2.05, 4.69) is 29.1 Å². The molecule has 0 saturated carbocycles. The molecule has 2 aromatic carbocycles. The normalized spacial score (nSPS) is 19.8. The summed E-state index contributed by atoms with van der Waals surface area (Å²) in [5, 5.41) is 2.64. The maximum Gasteiger partial charge on any atom is 0.237 e. The first-order valence-electron chi connectivity index (χ1n) is 9.86. The average molecular weight is 398 g/mol. The van der Waals surface area contributed by atoms with Gasteiger partial charge < -0.3 is 10.2 Å². The van der Waals surface area contributed by atoms with Crippen LogP contribution in [0.3, 0.4) is 0 Å². The number of anilines is 2. The van der Waals surface area contributed by atoms with Crippen LogP contribution in [-0.4, -0.2) is 49.2 Å². The standard InChI is InChI=1S/C22H24F2N4O/c1-14(2)27-8-10-28(11-9-27)20-7-6-15(12-18(20)24)25-13-16-21-17(23)4-3-5-19(21)26-22(16)29/h3-7,12-14,16H,8-11H2,1-2H3,(H,26,29). The number of nitrogens with zero attached hydrogens (tertiary/aromatic N) is 3. The number of hydrogen-bond acceptors (Lipinski definition) is 4. The van der Waals surface area contributed by atoms with E-state index in [9.17, 15) is 13.6 Å². The third-order valence-corrected chi connectivity index (χ3v) is 5.59. The number of fused-ring (bicyclic) bond motifs is 1. The first kappa shape index (κ1) is 19.5. The lowest BCUT2D eigenvalue weighted by molar-refractivity contribution is -0.115. The van der Waals surface area contributed by atoms with Crippen molar-refractivity contribution in [3.63, 3.8) is 0 Å². The molecule has 5 nitrogen and oxygen atoms in total. The zero-order valence-electron chi connectivity index (χ0n) is 16.5. The van der Waals surface area contributed by atoms with Gasteiger partial charge in [-0.15, -0.1) is 0 Å². The highest BCUT2D eigenvalue weighted by molar-refractivity contribution is 6.12. The van der Waals surface area contributed by atoms with Gasteiger partial charge in [-0.05, 0) is 38.1 Å². The molecular formula is C22H24F2N4O. The predicted octanol–water partition coefficient (Wildman–Crippen LogP) is 3.93. The summed E-state index contributed by atoms with van der Waals surface area (Å²) < 4.78 is 28.8. The van der Waals surface area contributed by atoms with Gasteiger partial charge in [0.05, 0.1) is 11.4 Å². The maximum absolute atomic E-state index is 14.7. The SMILES string of the molecule is CC(C)N1CCN(c2ccc(N=CC3C(=O)Nc4cccc(F)c43)cc2F)CC1. The molecule has 2 aliphatic rings. The second-order valence-corrected chi connectivity index (χ2v) is 7.70. The molecule has 1 amide bonds. The number of carbonyl (C=O) groups excluding carboxylic acids is 1. The van der Waals surface area contributed by atoms with Crippen LogP contribution in [0.5, 0.6) is 0 Å². The van der Waals surface area contributed by atoms with Crippen LogP contribution in [0.25, 0.3) is 0 Å². The van der Waals surface area contributed by atoms with Crippen molar-refractivity contribution in [3.8, 4) is 0 Å². The molecule has 1 N–H and O–H groups in total. The summed E-state index contributed by atoms with van der Waals surface area (Å²) >= 11 is 0. The highest BCUT2D eigenvalue weighted by Crippen LogP contribution is 2.34. The Kier molecular flexibility index (Phi) is 5.32. The van der Waals surface area contributed by atoms with Gasteiger partial charge in [0.1, 0.15) is 17.6 Å². The van der Waals surface area contributed by atoms with E-state index in [1.807, 2.05) is 4.90 Å². The van der Waals surface area contributed by atoms with Crippen molar-refractivity contribution < 1.29 is 13.6 Å². The molecule has 2 heterocycles. The van der Waals surface area contributed by atoms with Crippen LogP contribution in [0, 0.1) is 11.6 Å². The Labute approximate surface area is 169 Å². The molecule has 2 aliphatic heterocycles. The van der Waals surface area contributed by atoms with E-state index >= 15 is 0 Å². The van der Waals surface area contributed by atoms with Crippen molar-refractivity contribution in [1.29, 1.82) is 0 Å². The summed E-state index contributed by atoms with van der Waals surface area (Å²) in [6.07, 6.45) is 1.38. The third kappa shape index (κ3) is 3.87. The number of carbonyl (C=O) groups is 1. The van der Waals surface area contributed by atoms with Crippen molar-refractivity contribution >= 4 is 29.2 Å². The zero-order valence-corrected chi connectivity index (χ0v) is 16.5. The van der Waals surface area contributed by atoms with Crippen LogP contribution in [0.4, 0.5) is 25.8 Å². The minimum atomic E-state index is -0.821. The van der Waals surface area contributed by atoms with Gasteiger partial charge in [-0.2, -0.15) is 0 Å². The molecule has 4 rings (SSSR count). The zero-order chi connectivity index (χ0) is 20.5. The van der Waals surface area contributed by atoms with E-state index in [4.69, 9.17) is 0 Å². The number of piperazine rings is 1. The number of nitrogens with one attached hydrogen (secondary N) is 1. The molecule has 0 spiro atoms. The van der Waals surface area contributed by atoms with Gasteiger partial charge in [0.2, 0.25) is 5.91 Å². The first-order valence-corrected chi connectivity index (χ1v) is 9.86. The molecule has 0 radical (unpaired) electrons. The molecule has 1 atom stereocenters. The molecular weight excluding hydrogens is 374 g/mol. The number of amides is 1. The molecule has 1 fully saturated rings. The summed E-state index contributed by atoms with van der Waals surface area (Å²) in [6.45, 7) is 7.68. The molecule has 0 bridgehead atoms. The van der Waals surface area contributed by atoms with Gasteiger partial charge in [-0.3, -0.25) is 14.7 Å². The van der Waals surface area contributed by atoms with E-state index < -0.39 is 11.7 Å². The predicted molar refractivity (Wildman–Crippen MR) is 111 cm³/mol. The minimum Gasteiger partial charge on any atom is -0.367 e. The fraction of sp³-hybridized carbons (Fsp3) is 0.364. The number of benzene rings is 2. The van der Waals surface area contributed by atoms with Gasteiger partial charge in [0.25, 0.3) is 0 Å². The van der Waals surface area contributed by atoms with Gasteiger partial charge in [0.15, 0.2) is 0 Å². The fourth-order valence-corrected chi connectivity index (χ4v) is 3.92. The van der Waals surface area contributed by atoms with Gasteiger partial charge in [-0.1, -0.05) is 6.07 Å². The summed E-state index contributed by atoms with van der Waals surface area (Å²) in [4.78, 5) is 20.8. The number of hydrogen-bond donors (Lipinski definition) is 1. The maximum atomic E-state index is 14.7. The number of aliphatic imine (C=N–C) groups is 1. The topological polar surface area (TPSA) is 47.9 Å². The van der Waals surface area contributed by atoms with Gasteiger partial charge >= 0.3 is 0 Å². The van der Waals surface area contributed by atoms with Crippen molar-refractivity contribution in [2.45, 2.75) is 25.8 Å². The van der Waals surface area contributed by atoms with Crippen molar-refractivity contribution in [2.24, 2.45) is 4.99 Å². The largest absolute Gasteiger partial charge is 0.367 e. The third-order valence-electron chi connectivity index (χ3n) is 5.59. The highest BCUT2D eigenvalue weighted by Gasteiger charge is 2.32. The lowest BCUT2D eigenvalue weighted by Crippen LogP contribution is -2.49. The van der Waals surface area contributed by atoms with Crippen LogP contribution in [-0.2, 0) is 4.79 Å². The number of rotatable bonds is 4. The van der Waals surface area contributed by atoms with Crippen molar-refractivity contribution in [3.05, 3.63) is 53.6 Å². The molecule has 152 valence electrons. The lowest BCUT2D eigenvalue weighted by Gasteiger charge is -2.38. The van der Waals surface area contributed by atoms with Crippen molar-refractivity contribution in [2.75, 3.05) is 36.4 Å². The smallest absolute Gasteiger partial charge is 0.237 e. The molecule has 7 heteroatoms. The van der Waals surface area contributed by atoms with E-state index in [0.717, 1.165) is 26.2 Å². The summed E-state index contributed by atoms with van der Waals surface area (Å²) in [6, 6.07) is 9.79. The molecule has 0 aromatic heterocycles. The van der Waals surface area contributed by atoms with E-state index in [1.165, 1.54) is 18.3 Å². The quantitative estimate of drug-likeness (QED) is 0.794. The van der Waals surface area contributed by atoms with Gasteiger partial charge in [-0.25, -0.2) is 8.78 Å². The highest BCUT2D eigenvalue weighted by atomic mass is 19.1. The molecule has 1 unspecified atom stereocenters. The molecule has 2 aromatic rings. The first-order chi connectivity index (χ1) is 13.9. The van der Waals surface area contributed by atoms with Crippen LogP contribution in [0.2, 0.25) is 0 Å². The Balaban J connectivity index is 1.49. The van der Waals surface area contributed by atoms with Crippen LogP contribution in [0.1, 0.15) is 25.3 Å². The van der Waals surface area contributed by atoms with Crippen LogP contribution in [0.15, 0.2) is 41.4 Å². The van der Waals surface area contributed by atoms with Gasteiger partial charge in [0, 0.05) is 55.8 Å². The monoisotopic (exact) mass is 398 g/mol. The van der Waals surface area contributed by atoms with E-state index in [-0.39, 0.29) is 17.3 Å². The molecule has 0 aliphatic carbocycles. The second-order valence-electron chi connectivity index (χ2n) is 7.70. The van der Waals surface area contributed by atoms with Crippen LogP contribution < -0.4 is 10.2 Å². The Morgan fingerprint density at radius 1 is 1.10 bits per heavy atom. The molecule has 29 heavy (non-hydrogen) atoms. The fourth-order valence-electron chi connectivity index (χ4n) is 3.92. The summed E-state index contributed by atoms with van der Waals surface area (Å²) in [5.74, 6) is -1.97. The second kappa shape index (κ2) is 7.91. The van der Waals surface area contributed by atoms with E-state index in [0.29, 0.717) is 23.1 Å². The van der Waals surface area contributed by atoms with Crippen molar-refractivity contribution in [1.82, 2.24) is 4.90 Å². The Morgan fingerprint density at radius 3 is 2.55 bits per heavy atom. The Hall–Kier alpha value is -2.80. The summed E-state index contributed by atoms with van der Waals surface area (Å²) in [7, 11) is 0. The Morgan fingerprint density at radius 2 is 1.86 bits per heavy atom. The minimum absolute atomic E-state index is 0.279. The van der Waals surface area contributed by atoms with Crippen LogP contribution >= 0.6 is 0 Å². The lowest BCUT2D eigenvalue weighted by atomic mass is 10.0. The number of halogens is 2. The average Bonchev–Trinajstić information content (AvgIpc) is 3.03. The Bertz CT molecular complexity index is 952. The summed E-state index contributed by atoms with van der Waals surface area (Å²) in [5.41, 5.74) is 1.68. The van der Waals surface area contributed by atoms with E-state index in [1.54, 1.807) is 24.3 Å².